The Labute approximate surface area is 138 Å². The molecule has 23 heavy (non-hydrogen) atoms. The third kappa shape index (κ3) is 4.96. The van der Waals surface area contributed by atoms with Gasteiger partial charge in [-0.1, -0.05) is 23.7 Å². The molecule has 1 heterocycles. The fraction of sp³-hybridized carbons (Fsp3) is 0.188. The molecule has 2 aromatic rings. The molecule has 0 fully saturated rings. The van der Waals surface area contributed by atoms with Gasteiger partial charge in [0.2, 0.25) is 0 Å². The minimum atomic E-state index is -0.837. The van der Waals surface area contributed by atoms with Crippen molar-refractivity contribution in [1.82, 2.24) is 10.7 Å². The summed E-state index contributed by atoms with van der Waals surface area (Å²) in [5.74, 6) is -0.518. The van der Waals surface area contributed by atoms with Crippen LogP contribution in [0.3, 0.4) is 0 Å². The Morgan fingerprint density at radius 2 is 2.00 bits per heavy atom. The van der Waals surface area contributed by atoms with Crippen LogP contribution in [0.1, 0.15) is 19.6 Å². The van der Waals surface area contributed by atoms with E-state index in [4.69, 9.17) is 16.0 Å². The second-order valence-corrected chi connectivity index (χ2v) is 5.48. The van der Waals surface area contributed by atoms with Crippen LogP contribution in [-0.4, -0.2) is 24.1 Å². The second kappa shape index (κ2) is 7.60. The van der Waals surface area contributed by atoms with Crippen molar-refractivity contribution in [2.75, 3.05) is 0 Å². The summed E-state index contributed by atoms with van der Waals surface area (Å²) in [7, 11) is 0. The van der Waals surface area contributed by atoms with Crippen LogP contribution < -0.4 is 10.7 Å². The van der Waals surface area contributed by atoms with Crippen molar-refractivity contribution in [3.05, 3.63) is 47.2 Å². The number of benzene rings is 1. The smallest absolute Gasteiger partial charge is 0.329 e. The summed E-state index contributed by atoms with van der Waals surface area (Å²) in [5, 5.41) is 6.76. The van der Waals surface area contributed by atoms with E-state index in [2.05, 4.69) is 15.8 Å². The average Bonchev–Trinajstić information content (AvgIpc) is 2.95. The number of nitrogens with one attached hydrogen (secondary N) is 2. The zero-order valence-corrected chi connectivity index (χ0v) is 13.4. The van der Waals surface area contributed by atoms with Gasteiger partial charge in [0.25, 0.3) is 0 Å². The largest absolute Gasteiger partial charge is 0.455 e. The number of halogens is 1. The van der Waals surface area contributed by atoms with Gasteiger partial charge in [-0.05, 0) is 38.1 Å². The second-order valence-electron chi connectivity index (χ2n) is 5.04. The molecule has 0 saturated carbocycles. The lowest BCUT2D eigenvalue weighted by atomic mass is 10.2. The van der Waals surface area contributed by atoms with E-state index in [9.17, 15) is 9.59 Å². The Morgan fingerprint density at radius 1 is 1.22 bits per heavy atom. The Morgan fingerprint density at radius 3 is 2.70 bits per heavy atom. The van der Waals surface area contributed by atoms with Gasteiger partial charge in [-0.3, -0.25) is 9.59 Å². The molecule has 0 aliphatic carbocycles. The van der Waals surface area contributed by atoms with E-state index in [1.165, 1.54) is 6.21 Å². The quantitative estimate of drug-likeness (QED) is 0.512. The van der Waals surface area contributed by atoms with E-state index in [0.717, 1.165) is 5.56 Å². The lowest BCUT2D eigenvalue weighted by molar-refractivity contribution is -0.139. The van der Waals surface area contributed by atoms with Crippen molar-refractivity contribution in [2.24, 2.45) is 5.10 Å². The molecule has 0 saturated heterocycles. The van der Waals surface area contributed by atoms with Gasteiger partial charge in [-0.25, -0.2) is 5.43 Å². The van der Waals surface area contributed by atoms with Crippen LogP contribution in [0.4, 0.5) is 0 Å². The van der Waals surface area contributed by atoms with Crippen molar-refractivity contribution >= 4 is 29.6 Å². The van der Waals surface area contributed by atoms with Gasteiger partial charge in [-0.15, -0.1) is 0 Å². The summed E-state index contributed by atoms with van der Waals surface area (Å²) in [6.07, 6.45) is 1.31. The third-order valence-electron chi connectivity index (χ3n) is 2.72. The van der Waals surface area contributed by atoms with Crippen molar-refractivity contribution < 1.29 is 14.0 Å². The van der Waals surface area contributed by atoms with Crippen LogP contribution in [0.25, 0.3) is 11.3 Å². The zero-order valence-electron chi connectivity index (χ0n) is 12.7. The first kappa shape index (κ1) is 16.8. The summed E-state index contributed by atoms with van der Waals surface area (Å²) in [4.78, 5) is 22.8. The molecule has 0 unspecified atom stereocenters. The summed E-state index contributed by atoms with van der Waals surface area (Å²) in [6, 6.07) is 10.6. The van der Waals surface area contributed by atoms with Gasteiger partial charge in [-0.2, -0.15) is 5.10 Å². The average molecular weight is 334 g/mol. The maximum absolute atomic E-state index is 11.5. The monoisotopic (exact) mass is 333 g/mol. The number of carbonyl (C=O) groups excluding carboxylic acids is 2. The normalized spacial score (nSPS) is 11.0. The first-order valence-corrected chi connectivity index (χ1v) is 7.33. The summed E-state index contributed by atoms with van der Waals surface area (Å²) in [5.41, 5.74) is 2.96. The third-order valence-corrected chi connectivity index (χ3v) is 2.95. The van der Waals surface area contributed by atoms with E-state index in [-0.39, 0.29) is 6.04 Å². The highest BCUT2D eigenvalue weighted by atomic mass is 35.5. The molecule has 2 amide bonds. The Hall–Kier alpha value is -2.60. The molecule has 0 spiro atoms. The highest BCUT2D eigenvalue weighted by Crippen LogP contribution is 2.24. The molecule has 0 bridgehead atoms. The van der Waals surface area contributed by atoms with E-state index in [1.54, 1.807) is 38.1 Å². The highest BCUT2D eigenvalue weighted by molar-refractivity contribution is 6.35. The first-order valence-electron chi connectivity index (χ1n) is 6.95. The van der Waals surface area contributed by atoms with E-state index < -0.39 is 11.8 Å². The van der Waals surface area contributed by atoms with Gasteiger partial charge in [0.1, 0.15) is 11.5 Å². The van der Waals surface area contributed by atoms with Crippen molar-refractivity contribution in [1.29, 1.82) is 0 Å². The molecule has 0 aliphatic heterocycles. The fourth-order valence-corrected chi connectivity index (χ4v) is 1.94. The lowest BCUT2D eigenvalue weighted by Gasteiger charge is -2.05. The molecule has 6 nitrogen and oxygen atoms in total. The van der Waals surface area contributed by atoms with Crippen LogP contribution in [0.5, 0.6) is 0 Å². The number of amides is 2. The van der Waals surface area contributed by atoms with Crippen molar-refractivity contribution in [3.63, 3.8) is 0 Å². The molecule has 2 N–H and O–H groups in total. The van der Waals surface area contributed by atoms with Crippen LogP contribution in [0.2, 0.25) is 5.02 Å². The molecule has 0 aliphatic rings. The molecule has 7 heteroatoms. The SMILES string of the molecule is CC(C)NC(=O)C(=O)N/N=C/c1ccc(-c2cccc(Cl)c2)o1. The van der Waals surface area contributed by atoms with Gasteiger partial charge in [0.05, 0.1) is 6.21 Å². The maximum atomic E-state index is 11.5. The number of carbonyl (C=O) groups is 2. The fourth-order valence-electron chi connectivity index (χ4n) is 1.75. The number of rotatable bonds is 4. The van der Waals surface area contributed by atoms with Gasteiger partial charge >= 0.3 is 11.8 Å². The van der Waals surface area contributed by atoms with E-state index in [1.807, 2.05) is 12.1 Å². The molecule has 0 atom stereocenters. The first-order chi connectivity index (χ1) is 11.0. The molecular weight excluding hydrogens is 318 g/mol. The highest BCUT2D eigenvalue weighted by Gasteiger charge is 2.13. The minimum Gasteiger partial charge on any atom is -0.455 e. The molecule has 1 aromatic carbocycles. The standard InChI is InChI=1S/C16H16ClN3O3/c1-10(2)19-15(21)16(22)20-18-9-13-6-7-14(23-13)11-4-3-5-12(17)8-11/h3-10H,1-2H3,(H,19,21)(H,20,22)/b18-9+. The Balaban J connectivity index is 1.96. The summed E-state index contributed by atoms with van der Waals surface area (Å²) < 4.78 is 5.57. The Bertz CT molecular complexity index is 738. The topological polar surface area (TPSA) is 83.7 Å². The molecule has 2 rings (SSSR count). The predicted molar refractivity (Wildman–Crippen MR) is 88.2 cm³/mol. The van der Waals surface area contributed by atoms with Crippen molar-refractivity contribution in [2.45, 2.75) is 19.9 Å². The maximum Gasteiger partial charge on any atom is 0.329 e. The molecular formula is C16H16ClN3O3. The molecule has 1 aromatic heterocycles. The number of nitrogens with zero attached hydrogens (tertiary/aromatic N) is 1. The Kier molecular flexibility index (Phi) is 5.54. The summed E-state index contributed by atoms with van der Waals surface area (Å²) >= 11 is 5.93. The van der Waals surface area contributed by atoms with Crippen LogP contribution >= 0.6 is 11.6 Å². The lowest BCUT2D eigenvalue weighted by Crippen LogP contribution is -2.41. The number of furan rings is 1. The van der Waals surface area contributed by atoms with Crippen LogP contribution in [-0.2, 0) is 9.59 Å². The molecule has 0 radical (unpaired) electrons. The van der Waals surface area contributed by atoms with Crippen LogP contribution in [0, 0.1) is 0 Å². The van der Waals surface area contributed by atoms with Gasteiger partial charge < -0.3 is 9.73 Å². The predicted octanol–water partition coefficient (Wildman–Crippen LogP) is 2.57. The summed E-state index contributed by atoms with van der Waals surface area (Å²) in [6.45, 7) is 3.52. The number of hydrogen-bond donors (Lipinski definition) is 2. The van der Waals surface area contributed by atoms with Crippen LogP contribution in [0.15, 0.2) is 45.9 Å². The van der Waals surface area contributed by atoms with Crippen molar-refractivity contribution in [3.8, 4) is 11.3 Å². The number of hydrazone groups is 1. The minimum absolute atomic E-state index is 0.123. The van der Waals surface area contributed by atoms with Gasteiger partial charge in [0.15, 0.2) is 0 Å². The van der Waals surface area contributed by atoms with E-state index >= 15 is 0 Å². The van der Waals surface area contributed by atoms with E-state index in [0.29, 0.717) is 16.5 Å². The zero-order chi connectivity index (χ0) is 16.8. The molecule has 120 valence electrons. The van der Waals surface area contributed by atoms with Gasteiger partial charge in [0, 0.05) is 16.6 Å². The number of hydrogen-bond acceptors (Lipinski definition) is 4.